The summed E-state index contributed by atoms with van der Waals surface area (Å²) in [5.41, 5.74) is 2.41. The monoisotopic (exact) mass is 614 g/mol. The Kier molecular flexibility index (Phi) is 8.69. The van der Waals surface area contributed by atoms with Crippen LogP contribution in [0.25, 0.3) is 26.1 Å². The number of aromatic nitrogens is 5. The van der Waals surface area contributed by atoms with E-state index < -0.39 is 12.7 Å². The zero-order valence-electron chi connectivity index (χ0n) is 23.0. The van der Waals surface area contributed by atoms with Crippen molar-refractivity contribution in [3.63, 3.8) is 0 Å². The Morgan fingerprint density at radius 3 is 2.40 bits per heavy atom. The molecule has 1 aromatic carbocycles. The van der Waals surface area contributed by atoms with E-state index in [4.69, 9.17) is 0 Å². The largest absolute Gasteiger partial charge is 0.405 e. The second-order valence-corrected chi connectivity index (χ2v) is 11.7. The number of hydrogen-bond donors (Lipinski definition) is 2. The van der Waals surface area contributed by atoms with Crippen molar-refractivity contribution in [2.75, 3.05) is 11.9 Å². The number of benzene rings is 1. The van der Waals surface area contributed by atoms with Gasteiger partial charge in [0.2, 0.25) is 0 Å². The Balaban J connectivity index is 0.000000189. The topological polar surface area (TPSA) is 94.7 Å². The van der Waals surface area contributed by atoms with Crippen molar-refractivity contribution in [1.29, 1.82) is 0 Å². The molecule has 0 bridgehead atoms. The molecule has 5 aromatic rings. The lowest BCUT2D eigenvalue weighted by Gasteiger charge is -2.23. The molecule has 8 nitrogen and oxygen atoms in total. The number of halogens is 3. The Bertz CT molecular complexity index is 1840. The summed E-state index contributed by atoms with van der Waals surface area (Å²) in [6, 6.07) is 9.36. The Morgan fingerprint density at radius 1 is 1.00 bits per heavy atom. The van der Waals surface area contributed by atoms with Gasteiger partial charge in [-0.3, -0.25) is 18.7 Å². The van der Waals surface area contributed by atoms with Crippen LogP contribution in [0.15, 0.2) is 63.5 Å². The minimum atomic E-state index is -4.33. The average Bonchev–Trinajstić information content (AvgIpc) is 3.36. The van der Waals surface area contributed by atoms with Gasteiger partial charge < -0.3 is 5.32 Å². The fraction of sp³-hybridized carbons (Fsp3) is 0.345. The lowest BCUT2D eigenvalue weighted by atomic mass is 9.95. The third-order valence-corrected chi connectivity index (χ3v) is 8.55. The maximum atomic E-state index is 12.9. The van der Waals surface area contributed by atoms with Gasteiger partial charge in [0, 0.05) is 24.1 Å². The highest BCUT2D eigenvalue weighted by Gasteiger charge is 2.27. The number of anilines is 1. The maximum absolute atomic E-state index is 12.9. The van der Waals surface area contributed by atoms with Crippen molar-refractivity contribution in [3.05, 3.63) is 81.1 Å². The van der Waals surface area contributed by atoms with E-state index in [1.807, 2.05) is 31.2 Å². The highest BCUT2D eigenvalue weighted by molar-refractivity contribution is 7.80. The van der Waals surface area contributed by atoms with Gasteiger partial charge in [-0.05, 0) is 44.9 Å². The molecule has 0 saturated heterocycles. The Labute approximate surface area is 248 Å². The summed E-state index contributed by atoms with van der Waals surface area (Å²) < 4.78 is 41.4. The number of pyridine rings is 1. The zero-order chi connectivity index (χ0) is 30.0. The van der Waals surface area contributed by atoms with Crippen LogP contribution < -0.4 is 16.4 Å². The zero-order valence-corrected chi connectivity index (χ0v) is 24.7. The molecular formula is C29H29F3N6O2S2. The second-order valence-electron chi connectivity index (χ2n) is 10.2. The Hall–Kier alpha value is -3.71. The first-order valence-corrected chi connectivity index (χ1v) is 14.7. The molecule has 4 heterocycles. The number of fused-ring (bicyclic) bond motifs is 3. The number of thiol groups is 1. The number of nitrogens with zero attached hydrogens (tertiary/aromatic N) is 5. The van der Waals surface area contributed by atoms with Gasteiger partial charge in [0.05, 0.1) is 27.8 Å². The molecule has 0 spiro atoms. The summed E-state index contributed by atoms with van der Waals surface area (Å²) in [4.78, 5) is 38.5. The maximum Gasteiger partial charge on any atom is 0.405 e. The molecule has 0 atom stereocenters. The van der Waals surface area contributed by atoms with Crippen LogP contribution in [-0.4, -0.2) is 36.8 Å². The van der Waals surface area contributed by atoms with E-state index in [9.17, 15) is 22.8 Å². The quantitative estimate of drug-likeness (QED) is 0.221. The fourth-order valence-electron chi connectivity index (χ4n) is 5.05. The van der Waals surface area contributed by atoms with Crippen molar-refractivity contribution < 1.29 is 13.2 Å². The number of nitrogens with one attached hydrogen (secondary N) is 1. The summed E-state index contributed by atoms with van der Waals surface area (Å²) in [6.45, 7) is 2.66. The van der Waals surface area contributed by atoms with Crippen LogP contribution >= 0.6 is 24.0 Å². The van der Waals surface area contributed by atoms with Crippen LogP contribution in [0, 0.1) is 13.8 Å². The van der Waals surface area contributed by atoms with Gasteiger partial charge in [0.15, 0.2) is 0 Å². The van der Waals surface area contributed by atoms with E-state index in [-0.39, 0.29) is 17.2 Å². The molecule has 0 unspecified atom stereocenters. The minimum Gasteiger partial charge on any atom is -0.376 e. The van der Waals surface area contributed by atoms with Crippen LogP contribution in [0.2, 0.25) is 0 Å². The lowest BCUT2D eigenvalue weighted by molar-refractivity contribution is -0.115. The molecule has 1 aliphatic rings. The van der Waals surface area contributed by atoms with Gasteiger partial charge in [0.1, 0.15) is 21.9 Å². The number of rotatable bonds is 4. The molecule has 1 N–H and O–H groups in total. The van der Waals surface area contributed by atoms with E-state index in [2.05, 4.69) is 32.9 Å². The summed E-state index contributed by atoms with van der Waals surface area (Å²) in [7, 11) is 0. The molecule has 1 aliphatic carbocycles. The van der Waals surface area contributed by atoms with E-state index in [1.54, 1.807) is 16.1 Å². The highest BCUT2D eigenvalue weighted by Crippen LogP contribution is 2.35. The standard InChI is InChI=1S/C17H17F3N4OS.C12H12N2OS/c18-17(19,20)8-22-11-6-7-21-15-12(11)13-14(26-15)16(25)24(9-23-13)10-4-2-1-3-5-10;1-8-3-5-10(6-4-8)14-9(2)13-7-11(16)12(14)15/h6-7,9-10H,1-5,8H2,(H,21,22);3-7,16H,1-2H3. The Morgan fingerprint density at radius 2 is 1.71 bits per heavy atom. The predicted octanol–water partition coefficient (Wildman–Crippen LogP) is 6.62. The van der Waals surface area contributed by atoms with Crippen molar-refractivity contribution in [2.45, 2.75) is 63.1 Å². The number of alkyl halides is 3. The number of thiophene rings is 1. The molecule has 0 aliphatic heterocycles. The first-order chi connectivity index (χ1) is 20.0. The average molecular weight is 615 g/mol. The van der Waals surface area contributed by atoms with Crippen molar-refractivity contribution >= 4 is 50.1 Å². The molecule has 0 radical (unpaired) electrons. The molecule has 42 heavy (non-hydrogen) atoms. The molecule has 220 valence electrons. The van der Waals surface area contributed by atoms with E-state index in [0.717, 1.165) is 36.9 Å². The second kappa shape index (κ2) is 12.3. The van der Waals surface area contributed by atoms with Crippen molar-refractivity contribution in [2.24, 2.45) is 0 Å². The van der Waals surface area contributed by atoms with Crippen LogP contribution in [0.5, 0.6) is 0 Å². The molecule has 6 rings (SSSR count). The number of hydrogen-bond acceptors (Lipinski definition) is 8. The number of aryl methyl sites for hydroxylation is 2. The molecule has 1 fully saturated rings. The molecule has 4 aromatic heterocycles. The van der Waals surface area contributed by atoms with Crippen molar-refractivity contribution in [1.82, 2.24) is 24.1 Å². The normalized spacial score (nSPS) is 14.1. The van der Waals surface area contributed by atoms with E-state index in [1.165, 1.54) is 42.5 Å². The summed E-state index contributed by atoms with van der Waals surface area (Å²) in [6.07, 6.45) is 5.39. The van der Waals surface area contributed by atoms with Crippen molar-refractivity contribution in [3.8, 4) is 5.69 Å². The van der Waals surface area contributed by atoms with Gasteiger partial charge in [-0.2, -0.15) is 13.2 Å². The third-order valence-electron chi connectivity index (χ3n) is 7.17. The van der Waals surface area contributed by atoms with Crippen LogP contribution in [0.3, 0.4) is 0 Å². The molecule has 0 amide bonds. The van der Waals surface area contributed by atoms with Crippen LogP contribution in [0.1, 0.15) is 49.5 Å². The van der Waals surface area contributed by atoms with Gasteiger partial charge >= 0.3 is 6.18 Å². The van der Waals surface area contributed by atoms with E-state index in [0.29, 0.717) is 36.8 Å². The smallest absolute Gasteiger partial charge is 0.376 e. The summed E-state index contributed by atoms with van der Waals surface area (Å²) in [5.74, 6) is 0.659. The predicted molar refractivity (Wildman–Crippen MR) is 162 cm³/mol. The van der Waals surface area contributed by atoms with Gasteiger partial charge in [-0.15, -0.1) is 24.0 Å². The third kappa shape index (κ3) is 6.36. The molecular weight excluding hydrogens is 585 g/mol. The minimum absolute atomic E-state index is 0.133. The molecule has 1 saturated carbocycles. The van der Waals surface area contributed by atoms with Crippen LogP contribution in [0.4, 0.5) is 18.9 Å². The van der Waals surface area contributed by atoms with Gasteiger partial charge in [-0.25, -0.2) is 15.0 Å². The lowest BCUT2D eigenvalue weighted by Crippen LogP contribution is -2.26. The molecule has 13 heteroatoms. The summed E-state index contributed by atoms with van der Waals surface area (Å²) >= 11 is 5.28. The highest BCUT2D eigenvalue weighted by atomic mass is 32.1. The summed E-state index contributed by atoms with van der Waals surface area (Å²) in [5, 5.41) is 2.87. The van der Waals surface area contributed by atoms with Gasteiger partial charge in [-0.1, -0.05) is 37.0 Å². The SMILES string of the molecule is Cc1ccc(-n2c(C)ncc(S)c2=O)cc1.O=c1c2sc3nccc(NCC(F)(F)F)c3c2ncn1C1CCCCC1. The van der Waals surface area contributed by atoms with Crippen LogP contribution in [-0.2, 0) is 0 Å². The van der Waals surface area contributed by atoms with E-state index >= 15 is 0 Å². The first-order valence-electron chi connectivity index (χ1n) is 13.5. The van der Waals surface area contributed by atoms with Gasteiger partial charge in [0.25, 0.3) is 11.1 Å². The fourth-order valence-corrected chi connectivity index (χ4v) is 6.27. The first kappa shape index (κ1) is 29.8.